The van der Waals surface area contributed by atoms with Crippen molar-refractivity contribution in [3.63, 3.8) is 0 Å². The Labute approximate surface area is 182 Å². The van der Waals surface area contributed by atoms with Crippen LogP contribution in [-0.2, 0) is 19.2 Å². The molecule has 4 atom stereocenters. The minimum absolute atomic E-state index is 0.0902. The molecule has 12 nitrogen and oxygen atoms in total. The van der Waals surface area contributed by atoms with E-state index in [0.29, 0.717) is 25.8 Å². The summed E-state index contributed by atoms with van der Waals surface area (Å²) in [4.78, 5) is 54.3. The van der Waals surface area contributed by atoms with Gasteiger partial charge in [0.15, 0.2) is 5.96 Å². The van der Waals surface area contributed by atoms with Crippen molar-refractivity contribution < 1.29 is 24.3 Å². The average molecular weight is 442 g/mol. The van der Waals surface area contributed by atoms with E-state index in [4.69, 9.17) is 17.2 Å². The SMILES string of the molecule is CC(NC(=O)C(N)C(C)C)C(=O)N1CCCC1C(=O)NC(CCCN=C(N)N)C(=O)O. The Morgan fingerprint density at radius 2 is 1.81 bits per heavy atom. The van der Waals surface area contributed by atoms with E-state index in [1.165, 1.54) is 11.8 Å². The van der Waals surface area contributed by atoms with Gasteiger partial charge in [0, 0.05) is 13.1 Å². The smallest absolute Gasteiger partial charge is 0.326 e. The summed E-state index contributed by atoms with van der Waals surface area (Å²) < 4.78 is 0. The standard InChI is InChI=1S/C19H35N7O5/c1-10(2)14(20)16(28)24-11(3)17(29)26-9-5-7-13(26)15(27)25-12(18(30)31)6-4-8-23-19(21)22/h10-14H,4-9,20H2,1-3H3,(H,24,28)(H,25,27)(H,30,31)(H4,21,22,23). The molecule has 176 valence electrons. The molecule has 9 N–H and O–H groups in total. The highest BCUT2D eigenvalue weighted by atomic mass is 16.4. The van der Waals surface area contributed by atoms with Gasteiger partial charge >= 0.3 is 5.97 Å². The van der Waals surface area contributed by atoms with Crippen molar-refractivity contribution >= 4 is 29.7 Å². The van der Waals surface area contributed by atoms with Crippen molar-refractivity contribution in [3.8, 4) is 0 Å². The molecule has 1 rings (SSSR count). The van der Waals surface area contributed by atoms with Gasteiger partial charge in [0.05, 0.1) is 6.04 Å². The molecule has 1 aliphatic heterocycles. The Morgan fingerprint density at radius 1 is 1.16 bits per heavy atom. The number of carbonyl (C=O) groups excluding carboxylic acids is 3. The predicted octanol–water partition coefficient (Wildman–Crippen LogP) is -1.91. The van der Waals surface area contributed by atoms with E-state index >= 15 is 0 Å². The van der Waals surface area contributed by atoms with Gasteiger partial charge in [0.25, 0.3) is 0 Å². The van der Waals surface area contributed by atoms with Crippen LogP contribution >= 0.6 is 0 Å². The number of nitrogens with one attached hydrogen (secondary N) is 2. The fraction of sp³-hybridized carbons (Fsp3) is 0.737. The second-order valence-corrected chi connectivity index (χ2v) is 8.04. The molecule has 1 fully saturated rings. The van der Waals surface area contributed by atoms with E-state index in [2.05, 4.69) is 15.6 Å². The van der Waals surface area contributed by atoms with Crippen LogP contribution in [0.3, 0.4) is 0 Å². The zero-order valence-electron chi connectivity index (χ0n) is 18.3. The van der Waals surface area contributed by atoms with Gasteiger partial charge in [0.1, 0.15) is 18.1 Å². The second-order valence-electron chi connectivity index (χ2n) is 8.04. The maximum Gasteiger partial charge on any atom is 0.326 e. The van der Waals surface area contributed by atoms with Crippen molar-refractivity contribution in [2.45, 2.75) is 70.6 Å². The Kier molecular flexibility index (Phi) is 10.2. The molecule has 1 heterocycles. The van der Waals surface area contributed by atoms with Crippen molar-refractivity contribution in [3.05, 3.63) is 0 Å². The summed E-state index contributed by atoms with van der Waals surface area (Å²) in [5.74, 6) is -2.77. The normalized spacial score (nSPS) is 18.7. The number of nitrogens with two attached hydrogens (primary N) is 3. The molecule has 12 heteroatoms. The fourth-order valence-corrected chi connectivity index (χ4v) is 3.25. The van der Waals surface area contributed by atoms with Crippen LogP contribution in [0.2, 0.25) is 0 Å². The van der Waals surface area contributed by atoms with Crippen LogP contribution in [0.1, 0.15) is 46.5 Å². The number of carboxylic acid groups (broad SMARTS) is 1. The van der Waals surface area contributed by atoms with Crippen molar-refractivity contribution in [2.75, 3.05) is 13.1 Å². The molecule has 0 bridgehead atoms. The molecule has 0 aromatic heterocycles. The van der Waals surface area contributed by atoms with Crippen LogP contribution < -0.4 is 27.8 Å². The monoisotopic (exact) mass is 441 g/mol. The zero-order valence-corrected chi connectivity index (χ0v) is 18.3. The van der Waals surface area contributed by atoms with Gasteiger partial charge in [0.2, 0.25) is 17.7 Å². The quantitative estimate of drug-likeness (QED) is 0.121. The minimum atomic E-state index is -1.18. The summed E-state index contributed by atoms with van der Waals surface area (Å²) in [6, 6.07) is -3.53. The Hall–Kier alpha value is -2.89. The number of carbonyl (C=O) groups is 4. The third kappa shape index (κ3) is 8.04. The molecule has 3 amide bonds. The molecule has 4 unspecified atom stereocenters. The van der Waals surface area contributed by atoms with Crippen molar-refractivity contribution in [2.24, 2.45) is 28.1 Å². The highest BCUT2D eigenvalue weighted by molar-refractivity contribution is 5.94. The highest BCUT2D eigenvalue weighted by Crippen LogP contribution is 2.19. The third-order valence-corrected chi connectivity index (χ3v) is 5.15. The molecule has 0 aromatic carbocycles. The van der Waals surface area contributed by atoms with Crippen LogP contribution in [0.25, 0.3) is 0 Å². The number of nitrogens with zero attached hydrogens (tertiary/aromatic N) is 2. The number of hydrogen-bond acceptors (Lipinski definition) is 6. The molecule has 0 saturated carbocycles. The Balaban J connectivity index is 2.72. The Bertz CT molecular complexity index is 693. The summed E-state index contributed by atoms with van der Waals surface area (Å²) in [6.07, 6.45) is 1.50. The van der Waals surface area contributed by atoms with Gasteiger partial charge in [-0.1, -0.05) is 13.8 Å². The number of aliphatic imine (C=N–C) groups is 1. The predicted molar refractivity (Wildman–Crippen MR) is 115 cm³/mol. The van der Waals surface area contributed by atoms with E-state index in [1.54, 1.807) is 13.8 Å². The number of rotatable bonds is 11. The number of amides is 3. The topological polar surface area (TPSA) is 206 Å². The largest absolute Gasteiger partial charge is 0.480 e. The summed E-state index contributed by atoms with van der Waals surface area (Å²) in [5.41, 5.74) is 16.3. The number of guanidine groups is 1. The van der Waals surface area contributed by atoms with Gasteiger partial charge < -0.3 is 37.8 Å². The van der Waals surface area contributed by atoms with Gasteiger partial charge in [-0.05, 0) is 38.5 Å². The first kappa shape index (κ1) is 26.1. The fourth-order valence-electron chi connectivity index (χ4n) is 3.25. The maximum atomic E-state index is 12.8. The highest BCUT2D eigenvalue weighted by Gasteiger charge is 2.38. The van der Waals surface area contributed by atoms with Crippen LogP contribution in [0, 0.1) is 5.92 Å². The average Bonchev–Trinajstić information content (AvgIpc) is 3.18. The first-order valence-corrected chi connectivity index (χ1v) is 10.4. The maximum absolute atomic E-state index is 12.8. The molecule has 0 aliphatic carbocycles. The third-order valence-electron chi connectivity index (χ3n) is 5.15. The first-order valence-electron chi connectivity index (χ1n) is 10.4. The van der Waals surface area contributed by atoms with E-state index in [9.17, 15) is 24.3 Å². The van der Waals surface area contributed by atoms with Gasteiger partial charge in [-0.15, -0.1) is 0 Å². The lowest BCUT2D eigenvalue weighted by molar-refractivity contribution is -0.145. The van der Waals surface area contributed by atoms with E-state index in [1.807, 2.05) is 0 Å². The Morgan fingerprint density at radius 3 is 2.35 bits per heavy atom. The molecule has 0 aromatic rings. The van der Waals surface area contributed by atoms with E-state index in [-0.39, 0.29) is 24.8 Å². The molecule has 31 heavy (non-hydrogen) atoms. The van der Waals surface area contributed by atoms with Gasteiger partial charge in [-0.2, -0.15) is 0 Å². The minimum Gasteiger partial charge on any atom is -0.480 e. The number of hydrogen-bond donors (Lipinski definition) is 6. The molecule has 0 spiro atoms. The van der Waals surface area contributed by atoms with Crippen LogP contribution in [0.4, 0.5) is 0 Å². The van der Waals surface area contributed by atoms with Crippen LogP contribution in [0.15, 0.2) is 4.99 Å². The zero-order chi connectivity index (χ0) is 23.7. The molecule has 0 radical (unpaired) electrons. The molecular formula is C19H35N7O5. The lowest BCUT2D eigenvalue weighted by atomic mass is 10.0. The number of aliphatic carboxylic acids is 1. The van der Waals surface area contributed by atoms with E-state index < -0.39 is 47.9 Å². The van der Waals surface area contributed by atoms with Crippen LogP contribution in [0.5, 0.6) is 0 Å². The summed E-state index contributed by atoms with van der Waals surface area (Å²) in [7, 11) is 0. The van der Waals surface area contributed by atoms with Crippen molar-refractivity contribution in [1.29, 1.82) is 0 Å². The molecule has 1 saturated heterocycles. The van der Waals surface area contributed by atoms with Gasteiger partial charge in [-0.25, -0.2) is 4.79 Å². The first-order chi connectivity index (χ1) is 14.5. The van der Waals surface area contributed by atoms with E-state index in [0.717, 1.165) is 0 Å². The number of likely N-dealkylation sites (tertiary alicyclic amines) is 1. The molecule has 1 aliphatic rings. The summed E-state index contributed by atoms with van der Waals surface area (Å²) in [6.45, 7) is 5.72. The van der Waals surface area contributed by atoms with Crippen LogP contribution in [-0.4, -0.2) is 76.9 Å². The van der Waals surface area contributed by atoms with Crippen molar-refractivity contribution in [1.82, 2.24) is 15.5 Å². The summed E-state index contributed by atoms with van der Waals surface area (Å²) >= 11 is 0. The molecular weight excluding hydrogens is 406 g/mol. The lowest BCUT2D eigenvalue weighted by Crippen LogP contribution is -2.56. The summed E-state index contributed by atoms with van der Waals surface area (Å²) in [5, 5.41) is 14.5. The lowest BCUT2D eigenvalue weighted by Gasteiger charge is -2.28. The second kappa shape index (κ2) is 12.1. The number of carboxylic acids is 1. The van der Waals surface area contributed by atoms with Gasteiger partial charge in [-0.3, -0.25) is 19.4 Å².